The summed E-state index contributed by atoms with van der Waals surface area (Å²) < 4.78 is 5.22. The smallest absolute Gasteiger partial charge is 0.411 e. The van der Waals surface area contributed by atoms with Gasteiger partial charge in [-0.25, -0.2) is 4.79 Å². The average molecular weight is 352 g/mol. The van der Waals surface area contributed by atoms with Gasteiger partial charge in [0, 0.05) is 19.9 Å². The molecule has 1 N–H and O–H groups in total. The van der Waals surface area contributed by atoms with Crippen LogP contribution in [-0.2, 0) is 16.1 Å². The Bertz CT molecular complexity index is 862. The Hall–Kier alpha value is -3.15. The number of hydrogen-bond acceptors (Lipinski definition) is 4. The fraction of sp³-hybridized carbons (Fsp3) is 0.250. The molecule has 26 heavy (non-hydrogen) atoms. The highest BCUT2D eigenvalue weighted by Crippen LogP contribution is 2.36. The zero-order valence-electron chi connectivity index (χ0n) is 14.7. The summed E-state index contributed by atoms with van der Waals surface area (Å²) >= 11 is 0. The minimum atomic E-state index is -0.646. The minimum Gasteiger partial charge on any atom is -0.444 e. The Morgan fingerprint density at radius 2 is 1.88 bits per heavy atom. The number of aryl methyl sites for hydroxylation is 1. The van der Waals surface area contributed by atoms with Gasteiger partial charge in [0.15, 0.2) is 5.78 Å². The van der Waals surface area contributed by atoms with Crippen molar-refractivity contribution >= 4 is 29.2 Å². The molecule has 2 aromatic rings. The lowest BCUT2D eigenvalue weighted by atomic mass is 9.95. The highest BCUT2D eigenvalue weighted by Gasteiger charge is 2.30. The molecule has 0 aromatic heterocycles. The third-order valence-corrected chi connectivity index (χ3v) is 4.32. The van der Waals surface area contributed by atoms with E-state index in [1.54, 1.807) is 17.0 Å². The number of rotatable bonds is 3. The van der Waals surface area contributed by atoms with E-state index in [0.717, 1.165) is 11.1 Å². The molecule has 2 aromatic carbocycles. The number of carbonyl (C=O) groups is 3. The van der Waals surface area contributed by atoms with Gasteiger partial charge in [-0.3, -0.25) is 14.9 Å². The molecule has 0 saturated carbocycles. The second-order valence-electron chi connectivity index (χ2n) is 6.18. The van der Waals surface area contributed by atoms with Gasteiger partial charge in [0.2, 0.25) is 5.91 Å². The fourth-order valence-corrected chi connectivity index (χ4v) is 3.06. The first-order valence-electron chi connectivity index (χ1n) is 8.40. The van der Waals surface area contributed by atoms with Gasteiger partial charge in [-0.15, -0.1) is 0 Å². The number of anilines is 2. The fourth-order valence-electron chi connectivity index (χ4n) is 3.06. The number of carbonyl (C=O) groups excluding carboxylic acids is 3. The maximum Gasteiger partial charge on any atom is 0.411 e. The Balaban J connectivity index is 1.82. The highest BCUT2D eigenvalue weighted by atomic mass is 16.5. The van der Waals surface area contributed by atoms with Crippen molar-refractivity contribution in [1.82, 2.24) is 0 Å². The molecular weight excluding hydrogens is 332 g/mol. The molecule has 0 radical (unpaired) electrons. The Labute approximate surface area is 151 Å². The summed E-state index contributed by atoms with van der Waals surface area (Å²) in [7, 11) is 0. The zero-order valence-corrected chi connectivity index (χ0v) is 14.7. The van der Waals surface area contributed by atoms with Gasteiger partial charge >= 0.3 is 6.09 Å². The first-order valence-corrected chi connectivity index (χ1v) is 8.40. The predicted molar refractivity (Wildman–Crippen MR) is 98.4 cm³/mol. The van der Waals surface area contributed by atoms with Crippen molar-refractivity contribution < 1.29 is 19.1 Å². The molecule has 0 fully saturated rings. The number of amides is 2. The molecular formula is C20H20N2O4. The number of fused-ring (bicyclic) bond motifs is 1. The van der Waals surface area contributed by atoms with Crippen molar-refractivity contribution in [2.24, 2.45) is 0 Å². The third-order valence-electron chi connectivity index (χ3n) is 4.32. The molecule has 0 saturated heterocycles. The van der Waals surface area contributed by atoms with Crippen LogP contribution in [0.3, 0.4) is 0 Å². The number of ether oxygens (including phenoxy) is 1. The first kappa shape index (κ1) is 17.7. The van der Waals surface area contributed by atoms with E-state index in [0.29, 0.717) is 23.5 Å². The maximum atomic E-state index is 12.5. The van der Waals surface area contributed by atoms with E-state index in [2.05, 4.69) is 5.32 Å². The van der Waals surface area contributed by atoms with Crippen LogP contribution in [0.25, 0.3) is 0 Å². The normalized spacial score (nSPS) is 13.2. The largest absolute Gasteiger partial charge is 0.444 e. The van der Waals surface area contributed by atoms with E-state index in [1.165, 1.54) is 6.92 Å². The number of benzene rings is 2. The minimum absolute atomic E-state index is 0.0976. The highest BCUT2D eigenvalue weighted by molar-refractivity contribution is 6.14. The van der Waals surface area contributed by atoms with Crippen LogP contribution < -0.4 is 10.2 Å². The lowest BCUT2D eigenvalue weighted by Crippen LogP contribution is -2.37. The molecule has 1 aliphatic heterocycles. The van der Waals surface area contributed by atoms with E-state index in [1.807, 2.05) is 37.3 Å². The lowest BCUT2D eigenvalue weighted by Gasteiger charge is -2.30. The van der Waals surface area contributed by atoms with Crippen LogP contribution in [0.1, 0.15) is 34.8 Å². The zero-order chi connectivity index (χ0) is 18.7. The van der Waals surface area contributed by atoms with Gasteiger partial charge in [0.05, 0.1) is 16.9 Å². The molecule has 134 valence electrons. The number of Topliss-reactive ketones (excluding diaryl/α,β-unsaturated/α-hetero) is 1. The average Bonchev–Trinajstić information content (AvgIpc) is 2.63. The van der Waals surface area contributed by atoms with E-state index in [9.17, 15) is 14.4 Å². The quantitative estimate of drug-likeness (QED) is 0.914. The molecule has 0 aliphatic carbocycles. The van der Waals surface area contributed by atoms with Crippen molar-refractivity contribution in [1.29, 1.82) is 0 Å². The molecule has 0 bridgehead atoms. The molecule has 0 atom stereocenters. The molecule has 3 rings (SSSR count). The maximum absolute atomic E-state index is 12.5. The molecule has 0 spiro atoms. The summed E-state index contributed by atoms with van der Waals surface area (Å²) in [5.41, 5.74) is 2.97. The van der Waals surface area contributed by atoms with Gasteiger partial charge in [0.1, 0.15) is 6.61 Å². The van der Waals surface area contributed by atoms with Crippen molar-refractivity contribution in [2.45, 2.75) is 26.9 Å². The van der Waals surface area contributed by atoms with Crippen LogP contribution in [0, 0.1) is 6.92 Å². The van der Waals surface area contributed by atoms with Crippen LogP contribution in [0.2, 0.25) is 0 Å². The standard InChI is InChI=1S/C20H20N2O4/c1-13-8-9-16(18-17(24)10-11-22(14(2)23)19(13)18)21-20(25)26-12-15-6-4-3-5-7-15/h3-9H,10-12H2,1-2H3,(H,21,25). The van der Waals surface area contributed by atoms with E-state index >= 15 is 0 Å². The van der Waals surface area contributed by atoms with Crippen LogP contribution in [0.5, 0.6) is 0 Å². The summed E-state index contributed by atoms with van der Waals surface area (Å²) in [5.74, 6) is -0.231. The molecule has 0 unspecified atom stereocenters. The number of nitrogens with one attached hydrogen (secondary N) is 1. The number of ketones is 1. The van der Waals surface area contributed by atoms with E-state index < -0.39 is 6.09 Å². The molecule has 1 heterocycles. The lowest BCUT2D eigenvalue weighted by molar-refractivity contribution is -0.116. The summed E-state index contributed by atoms with van der Waals surface area (Å²) in [6.45, 7) is 3.79. The van der Waals surface area contributed by atoms with Crippen LogP contribution >= 0.6 is 0 Å². The van der Waals surface area contributed by atoms with Gasteiger partial charge in [-0.05, 0) is 24.1 Å². The molecule has 1 aliphatic rings. The topological polar surface area (TPSA) is 75.7 Å². The van der Waals surface area contributed by atoms with Crippen molar-refractivity contribution in [3.63, 3.8) is 0 Å². The Morgan fingerprint density at radius 1 is 1.15 bits per heavy atom. The Morgan fingerprint density at radius 3 is 2.58 bits per heavy atom. The predicted octanol–water partition coefficient (Wildman–Crippen LogP) is 3.68. The van der Waals surface area contributed by atoms with Crippen LogP contribution in [-0.4, -0.2) is 24.3 Å². The van der Waals surface area contributed by atoms with Gasteiger partial charge in [-0.2, -0.15) is 0 Å². The third kappa shape index (κ3) is 3.59. The monoisotopic (exact) mass is 352 g/mol. The van der Waals surface area contributed by atoms with Gasteiger partial charge in [-0.1, -0.05) is 36.4 Å². The van der Waals surface area contributed by atoms with E-state index in [4.69, 9.17) is 4.74 Å². The van der Waals surface area contributed by atoms with Crippen LogP contribution in [0.4, 0.5) is 16.2 Å². The summed E-state index contributed by atoms with van der Waals surface area (Å²) in [5, 5.41) is 2.64. The van der Waals surface area contributed by atoms with Crippen molar-refractivity contribution in [3.8, 4) is 0 Å². The van der Waals surface area contributed by atoms with Crippen LogP contribution in [0.15, 0.2) is 42.5 Å². The number of hydrogen-bond donors (Lipinski definition) is 1. The summed E-state index contributed by atoms with van der Waals surface area (Å²) in [6, 6.07) is 12.8. The van der Waals surface area contributed by atoms with Gasteiger partial charge < -0.3 is 9.64 Å². The molecule has 6 nitrogen and oxygen atoms in total. The summed E-state index contributed by atoms with van der Waals surface area (Å²) in [4.78, 5) is 38.1. The molecule has 2 amide bonds. The Kier molecular flexibility index (Phi) is 5.02. The SMILES string of the molecule is CC(=O)N1CCC(=O)c2c(NC(=O)OCc3ccccc3)ccc(C)c21. The second kappa shape index (κ2) is 7.39. The number of nitrogens with zero attached hydrogens (tertiary/aromatic N) is 1. The first-order chi connectivity index (χ1) is 12.5. The molecule has 6 heteroatoms. The van der Waals surface area contributed by atoms with Crippen molar-refractivity contribution in [2.75, 3.05) is 16.8 Å². The van der Waals surface area contributed by atoms with Crippen molar-refractivity contribution in [3.05, 3.63) is 59.2 Å². The summed E-state index contributed by atoms with van der Waals surface area (Å²) in [6.07, 6.45) is -0.420. The van der Waals surface area contributed by atoms with Gasteiger partial charge in [0.25, 0.3) is 0 Å². The van der Waals surface area contributed by atoms with E-state index in [-0.39, 0.29) is 24.7 Å². The second-order valence-corrected chi connectivity index (χ2v) is 6.18.